The minimum absolute atomic E-state index is 0.0516. The average Bonchev–Trinajstić information content (AvgIpc) is 2.90. The van der Waals surface area contributed by atoms with Crippen molar-refractivity contribution < 1.29 is 9.85 Å². The van der Waals surface area contributed by atoms with E-state index in [4.69, 9.17) is 0 Å². The van der Waals surface area contributed by atoms with Crippen molar-refractivity contribution in [3.63, 3.8) is 0 Å². The zero-order valence-corrected chi connectivity index (χ0v) is 21.6. The van der Waals surface area contributed by atoms with Crippen LogP contribution in [0.2, 0.25) is 0 Å². The lowest BCUT2D eigenvalue weighted by Crippen LogP contribution is -2.25. The van der Waals surface area contributed by atoms with Crippen LogP contribution in [0, 0.1) is 38.0 Å². The van der Waals surface area contributed by atoms with Gasteiger partial charge in [0.15, 0.2) is 0 Å². The molecule has 2 aliphatic rings. The van der Waals surface area contributed by atoms with Crippen molar-refractivity contribution in [3.8, 4) is 0 Å². The maximum Gasteiger partial charge on any atom is 0.273 e. The maximum absolute atomic E-state index is 12.0. The van der Waals surface area contributed by atoms with E-state index in [1.165, 1.54) is 76.3 Å². The monoisotopic (exact) mass is 492 g/mol. The summed E-state index contributed by atoms with van der Waals surface area (Å²) in [6.45, 7) is 2.28. The number of hydrogen-bond acceptors (Lipinski definition) is 4. The van der Waals surface area contributed by atoms with Crippen molar-refractivity contribution >= 4 is 11.4 Å². The van der Waals surface area contributed by atoms with Gasteiger partial charge in [-0.25, -0.2) is 0 Å². The Bertz CT molecular complexity index is 1020. The van der Waals surface area contributed by atoms with Crippen LogP contribution in [0.4, 0.5) is 11.4 Å². The fraction of sp³-hybridized carbons (Fsp3) is 0.600. The van der Waals surface area contributed by atoms with E-state index < -0.39 is 4.92 Å². The summed E-state index contributed by atoms with van der Waals surface area (Å²) in [4.78, 5) is 22.2. The fourth-order valence-electron chi connectivity index (χ4n) is 6.71. The van der Waals surface area contributed by atoms with Gasteiger partial charge in [0, 0.05) is 23.8 Å². The molecule has 0 radical (unpaired) electrons. The van der Waals surface area contributed by atoms with Gasteiger partial charge in [-0.05, 0) is 79.7 Å². The van der Waals surface area contributed by atoms with Crippen LogP contribution in [0.25, 0.3) is 0 Å². The largest absolute Gasteiger partial charge is 0.273 e. The Kier molecular flexibility index (Phi) is 9.11. The third kappa shape index (κ3) is 6.71. The van der Waals surface area contributed by atoms with E-state index in [2.05, 4.69) is 6.92 Å². The Morgan fingerprint density at radius 2 is 1.36 bits per heavy atom. The van der Waals surface area contributed by atoms with E-state index in [0.717, 1.165) is 47.3 Å². The molecular formula is C30H40N2O4. The van der Waals surface area contributed by atoms with Gasteiger partial charge in [-0.15, -0.1) is 0 Å². The number of unbranched alkanes of at least 4 members (excludes halogenated alkanes) is 2. The third-order valence-electron chi connectivity index (χ3n) is 8.83. The summed E-state index contributed by atoms with van der Waals surface area (Å²) in [6, 6.07) is 12.1. The molecule has 0 bridgehead atoms. The molecule has 2 aliphatic carbocycles. The Hall–Kier alpha value is -2.76. The molecule has 0 atom stereocenters. The Balaban J connectivity index is 1.33. The van der Waals surface area contributed by atoms with Crippen molar-refractivity contribution in [2.45, 2.75) is 96.3 Å². The van der Waals surface area contributed by atoms with Crippen LogP contribution < -0.4 is 0 Å². The number of rotatable bonds is 10. The second kappa shape index (κ2) is 12.5. The first-order valence-corrected chi connectivity index (χ1v) is 13.9. The van der Waals surface area contributed by atoms with E-state index >= 15 is 0 Å². The van der Waals surface area contributed by atoms with Crippen LogP contribution in [0.5, 0.6) is 0 Å². The smallest absolute Gasteiger partial charge is 0.258 e. The quantitative estimate of drug-likeness (QED) is 0.188. The summed E-state index contributed by atoms with van der Waals surface area (Å²) in [5.41, 5.74) is 2.93. The predicted molar refractivity (Wildman–Crippen MR) is 143 cm³/mol. The number of benzene rings is 2. The molecular weight excluding hydrogens is 452 g/mol. The molecule has 6 heteroatoms. The summed E-state index contributed by atoms with van der Waals surface area (Å²) in [6.07, 6.45) is 16.0. The lowest BCUT2D eigenvalue weighted by atomic mass is 9.68. The summed E-state index contributed by atoms with van der Waals surface area (Å²) < 4.78 is 0. The van der Waals surface area contributed by atoms with Crippen LogP contribution in [0.15, 0.2) is 42.5 Å². The minimum atomic E-state index is -0.419. The average molecular weight is 493 g/mol. The molecule has 0 amide bonds. The van der Waals surface area contributed by atoms with Gasteiger partial charge in [-0.3, -0.25) is 20.2 Å². The maximum atomic E-state index is 12.0. The first-order chi connectivity index (χ1) is 17.4. The number of nitro groups is 2. The lowest BCUT2D eigenvalue weighted by molar-refractivity contribution is -0.385. The van der Waals surface area contributed by atoms with Crippen LogP contribution in [0.1, 0.15) is 107 Å². The van der Waals surface area contributed by atoms with Gasteiger partial charge in [-0.2, -0.15) is 0 Å². The van der Waals surface area contributed by atoms with Gasteiger partial charge in [0.2, 0.25) is 0 Å². The highest BCUT2D eigenvalue weighted by atomic mass is 16.6. The van der Waals surface area contributed by atoms with Gasteiger partial charge >= 0.3 is 0 Å². The molecule has 2 saturated carbocycles. The number of hydrogen-bond donors (Lipinski definition) is 0. The van der Waals surface area contributed by atoms with Crippen LogP contribution in [-0.2, 0) is 6.42 Å². The molecule has 0 aliphatic heterocycles. The lowest BCUT2D eigenvalue weighted by Gasteiger charge is -2.38. The molecule has 2 aromatic rings. The minimum Gasteiger partial charge on any atom is -0.258 e. The number of nitro benzene ring substituents is 2. The van der Waals surface area contributed by atoms with Gasteiger partial charge in [-0.1, -0.05) is 69.7 Å². The van der Waals surface area contributed by atoms with Gasteiger partial charge in [0.25, 0.3) is 11.4 Å². The fourth-order valence-corrected chi connectivity index (χ4v) is 6.71. The molecule has 2 fully saturated rings. The molecule has 6 nitrogen and oxygen atoms in total. The Morgan fingerprint density at radius 1 is 0.750 bits per heavy atom. The molecule has 0 N–H and O–H groups in total. The summed E-state index contributed by atoms with van der Waals surface area (Å²) >= 11 is 0. The van der Waals surface area contributed by atoms with Crippen molar-refractivity contribution in [3.05, 3.63) is 79.4 Å². The first-order valence-electron chi connectivity index (χ1n) is 13.9. The number of non-ortho nitro benzene ring substituents is 1. The molecule has 4 rings (SSSR count). The first kappa shape index (κ1) is 26.3. The van der Waals surface area contributed by atoms with E-state index in [9.17, 15) is 20.2 Å². The molecule has 0 spiro atoms. The van der Waals surface area contributed by atoms with E-state index in [-0.39, 0.29) is 22.2 Å². The van der Waals surface area contributed by atoms with Crippen LogP contribution in [0.3, 0.4) is 0 Å². The van der Waals surface area contributed by atoms with Crippen molar-refractivity contribution in [1.29, 1.82) is 0 Å². The van der Waals surface area contributed by atoms with Crippen molar-refractivity contribution in [1.82, 2.24) is 0 Å². The SMILES string of the molecule is CCCCCC1CCC(C2CCC(c3ccc(Cc4ccc([N+](=O)[O-])cc4)cc3[N+](=O)[O-])CC2)CC1. The van der Waals surface area contributed by atoms with Crippen LogP contribution in [-0.4, -0.2) is 9.85 Å². The summed E-state index contributed by atoms with van der Waals surface area (Å²) in [5, 5.41) is 22.8. The van der Waals surface area contributed by atoms with Crippen molar-refractivity contribution in [2.75, 3.05) is 0 Å². The van der Waals surface area contributed by atoms with Gasteiger partial charge < -0.3 is 0 Å². The second-order valence-electron chi connectivity index (χ2n) is 11.1. The molecule has 0 aromatic heterocycles. The van der Waals surface area contributed by atoms with Gasteiger partial charge in [0.05, 0.1) is 9.85 Å². The predicted octanol–water partition coefficient (Wildman–Crippen LogP) is 8.75. The highest BCUT2D eigenvalue weighted by Crippen LogP contribution is 2.46. The molecule has 36 heavy (non-hydrogen) atoms. The Morgan fingerprint density at radius 3 is 1.94 bits per heavy atom. The zero-order chi connectivity index (χ0) is 25.5. The number of nitrogens with zero attached hydrogens (tertiary/aromatic N) is 2. The molecule has 0 saturated heterocycles. The van der Waals surface area contributed by atoms with E-state index in [1.54, 1.807) is 18.2 Å². The zero-order valence-electron chi connectivity index (χ0n) is 21.6. The third-order valence-corrected chi connectivity index (χ3v) is 8.83. The summed E-state index contributed by atoms with van der Waals surface area (Å²) in [7, 11) is 0. The topological polar surface area (TPSA) is 86.3 Å². The molecule has 0 unspecified atom stereocenters. The van der Waals surface area contributed by atoms with Gasteiger partial charge in [0.1, 0.15) is 0 Å². The molecule has 2 aromatic carbocycles. The van der Waals surface area contributed by atoms with E-state index in [1.807, 2.05) is 12.1 Å². The molecule has 0 heterocycles. The Labute approximate surface area is 214 Å². The van der Waals surface area contributed by atoms with Crippen LogP contribution >= 0.6 is 0 Å². The second-order valence-corrected chi connectivity index (χ2v) is 11.1. The normalized spacial score (nSPS) is 24.4. The van der Waals surface area contributed by atoms with Crippen molar-refractivity contribution in [2.24, 2.45) is 17.8 Å². The standard InChI is InChI=1S/C30H40N2O4/c1-2-3-4-5-22-6-11-25(12-7-22)26-13-15-27(16-14-26)29-19-10-24(21-30(29)32(35)36)20-23-8-17-28(18-9-23)31(33)34/h8-10,17-19,21-22,25-27H,2-7,11-16,20H2,1H3. The highest BCUT2D eigenvalue weighted by Gasteiger charge is 2.33. The highest BCUT2D eigenvalue weighted by molar-refractivity contribution is 5.47. The molecule has 194 valence electrons. The summed E-state index contributed by atoms with van der Waals surface area (Å²) in [5.74, 6) is 2.85. The van der Waals surface area contributed by atoms with E-state index in [0.29, 0.717) is 6.42 Å².